The lowest BCUT2D eigenvalue weighted by Gasteiger charge is -2.17. The topological polar surface area (TPSA) is 62.0 Å². The van der Waals surface area contributed by atoms with Crippen LogP contribution in [-0.4, -0.2) is 10.9 Å². The van der Waals surface area contributed by atoms with Crippen LogP contribution in [0.4, 0.5) is 5.69 Å². The number of amides is 1. The molecule has 138 valence electrons. The van der Waals surface area contributed by atoms with E-state index < -0.39 is 0 Å². The molecule has 1 aliphatic carbocycles. The van der Waals surface area contributed by atoms with Gasteiger partial charge in [0.05, 0.1) is 5.52 Å². The van der Waals surface area contributed by atoms with E-state index in [2.05, 4.69) is 10.3 Å². The fraction of sp³-hybridized carbons (Fsp3) is 0.167. The highest BCUT2D eigenvalue weighted by molar-refractivity contribution is 6.07. The normalized spacial score (nSPS) is 13.4. The third-order valence-corrected chi connectivity index (χ3v) is 5.60. The van der Waals surface area contributed by atoms with Crippen LogP contribution in [0, 0.1) is 0 Å². The molecule has 1 aliphatic rings. The highest BCUT2D eigenvalue weighted by atomic mass is 16.1. The molecule has 28 heavy (non-hydrogen) atoms. The van der Waals surface area contributed by atoms with E-state index in [1.54, 1.807) is 0 Å². The third kappa shape index (κ3) is 2.87. The average Bonchev–Trinajstić information content (AvgIpc) is 2.73. The Bertz CT molecular complexity index is 1290. The van der Waals surface area contributed by atoms with Gasteiger partial charge < -0.3 is 10.3 Å². The van der Waals surface area contributed by atoms with Crippen LogP contribution in [0.1, 0.15) is 34.3 Å². The van der Waals surface area contributed by atoms with Gasteiger partial charge in [0, 0.05) is 22.2 Å². The van der Waals surface area contributed by atoms with Crippen LogP contribution in [0.2, 0.25) is 0 Å². The predicted octanol–water partition coefficient (Wildman–Crippen LogP) is 4.81. The van der Waals surface area contributed by atoms with Crippen molar-refractivity contribution in [1.82, 2.24) is 4.98 Å². The summed E-state index contributed by atoms with van der Waals surface area (Å²) in [6.07, 6.45) is 3.98. The Morgan fingerprint density at radius 1 is 0.857 bits per heavy atom. The number of aryl methyl sites for hydroxylation is 1. The van der Waals surface area contributed by atoms with Crippen molar-refractivity contribution in [2.75, 3.05) is 5.32 Å². The highest BCUT2D eigenvalue weighted by Crippen LogP contribution is 2.27. The van der Waals surface area contributed by atoms with Crippen molar-refractivity contribution in [2.24, 2.45) is 0 Å². The maximum atomic E-state index is 12.7. The zero-order chi connectivity index (χ0) is 19.1. The summed E-state index contributed by atoms with van der Waals surface area (Å²) in [4.78, 5) is 28.1. The molecule has 0 saturated heterocycles. The Labute approximate surface area is 162 Å². The number of H-pyrrole nitrogens is 1. The molecule has 5 rings (SSSR count). The number of rotatable bonds is 2. The largest absolute Gasteiger partial charge is 0.322 e. The second kappa shape index (κ2) is 6.64. The van der Waals surface area contributed by atoms with Crippen LogP contribution in [0.25, 0.3) is 21.7 Å². The third-order valence-electron chi connectivity index (χ3n) is 5.60. The van der Waals surface area contributed by atoms with E-state index in [0.29, 0.717) is 11.3 Å². The van der Waals surface area contributed by atoms with Crippen LogP contribution in [0.3, 0.4) is 0 Å². The standard InChI is InChI=1S/C24H20N2O2/c27-23(17-10-9-15-5-1-2-6-16(15)13-17)25-18-11-12-20-19-7-3-4-8-21(19)24(28)26-22(20)14-18/h1-2,5-6,9-14H,3-4,7-8H2,(H,25,27)(H,26,28). The summed E-state index contributed by atoms with van der Waals surface area (Å²) >= 11 is 0. The summed E-state index contributed by atoms with van der Waals surface area (Å²) < 4.78 is 0. The molecule has 4 aromatic rings. The molecule has 4 nitrogen and oxygen atoms in total. The van der Waals surface area contributed by atoms with Crippen molar-refractivity contribution in [1.29, 1.82) is 0 Å². The summed E-state index contributed by atoms with van der Waals surface area (Å²) in [7, 11) is 0. The van der Waals surface area contributed by atoms with Crippen LogP contribution in [0.15, 0.2) is 65.5 Å². The number of hydrogen-bond acceptors (Lipinski definition) is 2. The van der Waals surface area contributed by atoms with Gasteiger partial charge in [0.1, 0.15) is 0 Å². The molecule has 0 radical (unpaired) electrons. The van der Waals surface area contributed by atoms with Crippen molar-refractivity contribution in [3.63, 3.8) is 0 Å². The van der Waals surface area contributed by atoms with Gasteiger partial charge in [-0.1, -0.05) is 36.4 Å². The zero-order valence-electron chi connectivity index (χ0n) is 15.4. The van der Waals surface area contributed by atoms with E-state index in [0.717, 1.165) is 58.5 Å². The lowest BCUT2D eigenvalue weighted by molar-refractivity contribution is 0.102. The minimum Gasteiger partial charge on any atom is -0.322 e. The minimum atomic E-state index is -0.162. The van der Waals surface area contributed by atoms with Gasteiger partial charge in [0.15, 0.2) is 0 Å². The monoisotopic (exact) mass is 368 g/mol. The van der Waals surface area contributed by atoms with Crippen molar-refractivity contribution in [3.05, 3.63) is 87.7 Å². The van der Waals surface area contributed by atoms with Gasteiger partial charge in [0.2, 0.25) is 0 Å². The van der Waals surface area contributed by atoms with E-state index in [-0.39, 0.29) is 11.5 Å². The molecule has 1 amide bonds. The second-order valence-electron chi connectivity index (χ2n) is 7.39. The lowest BCUT2D eigenvalue weighted by Crippen LogP contribution is -2.19. The number of benzene rings is 3. The zero-order valence-corrected chi connectivity index (χ0v) is 15.4. The maximum Gasteiger partial charge on any atom is 0.255 e. The fourth-order valence-corrected chi connectivity index (χ4v) is 4.17. The smallest absolute Gasteiger partial charge is 0.255 e. The van der Waals surface area contributed by atoms with Crippen LogP contribution in [-0.2, 0) is 12.8 Å². The molecule has 2 N–H and O–H groups in total. The summed E-state index contributed by atoms with van der Waals surface area (Å²) in [6.45, 7) is 0. The quantitative estimate of drug-likeness (QED) is 0.533. The van der Waals surface area contributed by atoms with E-state index in [4.69, 9.17) is 0 Å². The first kappa shape index (κ1) is 16.8. The minimum absolute atomic E-state index is 0.000190. The number of anilines is 1. The number of pyridine rings is 1. The first-order valence-electron chi connectivity index (χ1n) is 9.67. The van der Waals surface area contributed by atoms with E-state index in [9.17, 15) is 9.59 Å². The van der Waals surface area contributed by atoms with Gasteiger partial charge in [-0.2, -0.15) is 0 Å². The molecule has 0 spiro atoms. The van der Waals surface area contributed by atoms with Crippen molar-refractivity contribution < 1.29 is 4.79 Å². The molecule has 0 fully saturated rings. The number of fused-ring (bicyclic) bond motifs is 4. The average molecular weight is 368 g/mol. The molecule has 0 unspecified atom stereocenters. The molecule has 3 aromatic carbocycles. The van der Waals surface area contributed by atoms with Gasteiger partial charge in [0.25, 0.3) is 11.5 Å². The summed E-state index contributed by atoms with van der Waals surface area (Å²) in [6, 6.07) is 19.4. The first-order valence-corrected chi connectivity index (χ1v) is 9.67. The second-order valence-corrected chi connectivity index (χ2v) is 7.39. The number of carbonyl (C=O) groups is 1. The van der Waals surface area contributed by atoms with E-state index in [1.165, 1.54) is 0 Å². The molecule has 1 heterocycles. The summed E-state index contributed by atoms with van der Waals surface area (Å²) in [5, 5.41) is 6.17. The molecule has 0 aliphatic heterocycles. The Hall–Kier alpha value is -3.40. The Morgan fingerprint density at radius 3 is 2.50 bits per heavy atom. The molecule has 1 aromatic heterocycles. The van der Waals surface area contributed by atoms with E-state index >= 15 is 0 Å². The van der Waals surface area contributed by atoms with E-state index in [1.807, 2.05) is 60.7 Å². The molecular formula is C24H20N2O2. The SMILES string of the molecule is O=C(Nc1ccc2c3c(c(=O)[nH]c2c1)CCCC3)c1ccc2ccccc2c1. The first-order chi connectivity index (χ1) is 13.7. The predicted molar refractivity (Wildman–Crippen MR) is 113 cm³/mol. The number of carbonyl (C=O) groups excluding carboxylic acids is 1. The van der Waals surface area contributed by atoms with Crippen molar-refractivity contribution in [2.45, 2.75) is 25.7 Å². The Morgan fingerprint density at radius 2 is 1.64 bits per heavy atom. The summed E-state index contributed by atoms with van der Waals surface area (Å²) in [5.74, 6) is -0.162. The van der Waals surface area contributed by atoms with Crippen molar-refractivity contribution in [3.8, 4) is 0 Å². The number of aromatic amines is 1. The van der Waals surface area contributed by atoms with Gasteiger partial charge in [-0.15, -0.1) is 0 Å². The van der Waals surface area contributed by atoms with Crippen LogP contribution < -0.4 is 10.9 Å². The number of nitrogens with one attached hydrogen (secondary N) is 2. The maximum absolute atomic E-state index is 12.7. The van der Waals surface area contributed by atoms with Crippen molar-refractivity contribution >= 4 is 33.3 Å². The number of hydrogen-bond donors (Lipinski definition) is 2. The van der Waals surface area contributed by atoms with Crippen LogP contribution in [0.5, 0.6) is 0 Å². The van der Waals surface area contributed by atoms with Gasteiger partial charge in [-0.3, -0.25) is 9.59 Å². The van der Waals surface area contributed by atoms with Crippen LogP contribution >= 0.6 is 0 Å². The Balaban J connectivity index is 1.49. The molecular weight excluding hydrogens is 348 g/mol. The van der Waals surface area contributed by atoms with Gasteiger partial charge in [-0.25, -0.2) is 0 Å². The van der Waals surface area contributed by atoms with Gasteiger partial charge >= 0.3 is 0 Å². The number of aromatic nitrogens is 1. The highest BCUT2D eigenvalue weighted by Gasteiger charge is 2.16. The molecule has 0 atom stereocenters. The molecule has 4 heteroatoms. The Kier molecular flexibility index (Phi) is 3.97. The summed E-state index contributed by atoms with van der Waals surface area (Å²) in [5.41, 5.74) is 4.15. The molecule has 0 saturated carbocycles. The molecule has 0 bridgehead atoms. The lowest BCUT2D eigenvalue weighted by atomic mass is 9.90. The fourth-order valence-electron chi connectivity index (χ4n) is 4.17. The van der Waals surface area contributed by atoms with Gasteiger partial charge in [-0.05, 0) is 66.3 Å².